The van der Waals surface area contributed by atoms with Crippen molar-refractivity contribution in [3.63, 3.8) is 0 Å². The van der Waals surface area contributed by atoms with Gasteiger partial charge in [0.05, 0.1) is 35.6 Å². The van der Waals surface area contributed by atoms with Gasteiger partial charge < -0.3 is 19.1 Å². The fourth-order valence-electron chi connectivity index (χ4n) is 12.2. The summed E-state index contributed by atoms with van der Waals surface area (Å²) in [6, 6.07) is 7.64. The summed E-state index contributed by atoms with van der Waals surface area (Å²) in [7, 11) is -2.31. The van der Waals surface area contributed by atoms with Gasteiger partial charge in [0.25, 0.3) is 0 Å². The Hall–Kier alpha value is -4.87. The number of fused-ring (bicyclic) bond motifs is 7. The lowest BCUT2D eigenvalue weighted by molar-refractivity contribution is 0.000934. The van der Waals surface area contributed by atoms with Crippen LogP contribution in [0.3, 0.4) is 0 Å². The lowest BCUT2D eigenvalue weighted by Crippen LogP contribution is -2.65. The minimum absolute atomic E-state index is 0.0218. The van der Waals surface area contributed by atoms with E-state index in [1.807, 2.05) is 44.7 Å². The summed E-state index contributed by atoms with van der Waals surface area (Å²) in [5, 5.41) is 1.45. The molecule has 9 rings (SSSR count). The van der Waals surface area contributed by atoms with Gasteiger partial charge in [-0.15, -0.1) is 5.54 Å². The van der Waals surface area contributed by atoms with E-state index in [1.165, 1.54) is 6.07 Å². The lowest BCUT2D eigenvalue weighted by atomic mass is 9.94. The van der Waals surface area contributed by atoms with Gasteiger partial charge in [-0.1, -0.05) is 71.7 Å². The second-order valence-corrected chi connectivity index (χ2v) is 26.3. The summed E-state index contributed by atoms with van der Waals surface area (Å²) >= 11 is 0. The van der Waals surface area contributed by atoms with Crippen molar-refractivity contribution in [1.82, 2.24) is 24.8 Å². The molecule has 5 aliphatic heterocycles. The minimum Gasteiger partial charge on any atom is -0.472 e. The Labute approximate surface area is 375 Å². The third-order valence-electron chi connectivity index (χ3n) is 14.9. The van der Waals surface area contributed by atoms with E-state index in [0.29, 0.717) is 82.0 Å². The van der Waals surface area contributed by atoms with Crippen molar-refractivity contribution in [3.8, 4) is 34.6 Å². The Kier molecular flexibility index (Phi) is 11.2. The molecule has 14 heteroatoms. The van der Waals surface area contributed by atoms with Gasteiger partial charge in [-0.3, -0.25) is 9.80 Å². The molecule has 1 unspecified atom stereocenters. The molecule has 10 nitrogen and oxygen atoms in total. The molecular formula is C50H61F3N6O4Si. The predicted octanol–water partition coefficient (Wildman–Crippen LogP) is 10.9. The minimum atomic E-state index is -2.31. The van der Waals surface area contributed by atoms with Crippen LogP contribution in [-0.4, -0.2) is 101 Å². The number of ether oxygens (including phenoxy) is 3. The maximum absolute atomic E-state index is 18.0. The molecule has 5 atom stereocenters. The van der Waals surface area contributed by atoms with Crippen LogP contribution in [0.1, 0.15) is 107 Å². The van der Waals surface area contributed by atoms with Gasteiger partial charge in [0.1, 0.15) is 54.6 Å². The maximum atomic E-state index is 18.0. The van der Waals surface area contributed by atoms with Gasteiger partial charge in [-0.25, -0.2) is 22.9 Å². The van der Waals surface area contributed by atoms with Crippen LogP contribution in [0.5, 0.6) is 11.9 Å². The smallest absolute Gasteiger partial charge is 0.410 e. The van der Waals surface area contributed by atoms with Crippen LogP contribution in [0.2, 0.25) is 16.6 Å². The van der Waals surface area contributed by atoms with Crippen molar-refractivity contribution in [2.24, 2.45) is 0 Å². The fraction of sp³-hybridized carbons (Fsp3) is 0.560. The Morgan fingerprint density at radius 3 is 2.48 bits per heavy atom. The number of halogens is 3. The van der Waals surface area contributed by atoms with Crippen LogP contribution in [0.4, 0.5) is 23.8 Å². The maximum Gasteiger partial charge on any atom is 0.410 e. The highest BCUT2D eigenvalue weighted by molar-refractivity contribution is 6.90. The number of hydrogen-bond donors (Lipinski definition) is 0. The van der Waals surface area contributed by atoms with E-state index in [-0.39, 0.29) is 53.4 Å². The second-order valence-electron chi connectivity index (χ2n) is 20.7. The van der Waals surface area contributed by atoms with Gasteiger partial charge in [-0.05, 0) is 100.0 Å². The number of carbonyl (C=O) groups excluding carboxylic acids is 1. The van der Waals surface area contributed by atoms with E-state index < -0.39 is 43.0 Å². The average Bonchev–Trinajstić information content (AvgIpc) is 3.87. The highest BCUT2D eigenvalue weighted by Crippen LogP contribution is 2.48. The number of benzene rings is 2. The molecule has 64 heavy (non-hydrogen) atoms. The summed E-state index contributed by atoms with van der Waals surface area (Å²) in [4.78, 5) is 34.9. The van der Waals surface area contributed by atoms with Gasteiger partial charge in [0.15, 0.2) is 5.82 Å². The van der Waals surface area contributed by atoms with E-state index >= 15 is 8.78 Å². The number of hydrogen-bond acceptors (Lipinski definition) is 9. The highest BCUT2D eigenvalue weighted by atomic mass is 28.3. The zero-order valence-corrected chi connectivity index (χ0v) is 39.8. The SMILES string of the molecule is CC(C)[Si](C#Cc1c(F)ccc2cccc(-c3nc4c5c(nc(OCC67CCCN6CC(=CF)C7)nc5c3F)N3C[C@H]5CC[C@@H]([C@H]3[C@H](C)O4)N5C(=O)OC(C)(C)C)c12)(C(C)C)C(C)C. The number of piperazine rings is 1. The summed E-state index contributed by atoms with van der Waals surface area (Å²) < 4.78 is 67.5. The van der Waals surface area contributed by atoms with Gasteiger partial charge >= 0.3 is 12.1 Å². The van der Waals surface area contributed by atoms with Crippen molar-refractivity contribution >= 4 is 41.7 Å². The van der Waals surface area contributed by atoms with E-state index in [2.05, 4.69) is 62.8 Å². The topological polar surface area (TPSA) is 93.2 Å². The summed E-state index contributed by atoms with van der Waals surface area (Å²) in [5.41, 5.74) is 4.70. The molecule has 2 aromatic carbocycles. The Balaban J connectivity index is 1.23. The van der Waals surface area contributed by atoms with E-state index in [1.54, 1.807) is 12.1 Å². The number of carbonyl (C=O) groups is 1. The van der Waals surface area contributed by atoms with Crippen molar-refractivity contribution in [3.05, 3.63) is 59.4 Å². The number of aromatic nitrogens is 3. The molecule has 4 fully saturated rings. The van der Waals surface area contributed by atoms with E-state index in [4.69, 9.17) is 29.2 Å². The molecule has 0 saturated carbocycles. The number of amides is 1. The molecule has 0 spiro atoms. The molecule has 0 N–H and O–H groups in total. The fourth-order valence-corrected chi connectivity index (χ4v) is 17.4. The highest BCUT2D eigenvalue weighted by Gasteiger charge is 2.54. The molecule has 7 heterocycles. The van der Waals surface area contributed by atoms with Crippen LogP contribution < -0.4 is 14.4 Å². The number of pyridine rings is 1. The molecule has 4 aromatic rings. The normalized spacial score (nSPS) is 25.0. The Morgan fingerprint density at radius 1 is 1.03 bits per heavy atom. The first-order chi connectivity index (χ1) is 30.4. The van der Waals surface area contributed by atoms with Gasteiger partial charge in [-0.2, -0.15) is 9.97 Å². The quantitative estimate of drug-likeness (QED) is 0.133. The largest absolute Gasteiger partial charge is 0.472 e. The van der Waals surface area contributed by atoms with Gasteiger partial charge in [0, 0.05) is 24.0 Å². The van der Waals surface area contributed by atoms with Crippen molar-refractivity contribution in [2.45, 2.75) is 153 Å². The second kappa shape index (κ2) is 16.2. The van der Waals surface area contributed by atoms with Crippen molar-refractivity contribution in [2.75, 3.05) is 31.1 Å². The molecule has 5 aliphatic rings. The number of anilines is 1. The van der Waals surface area contributed by atoms with Crippen LogP contribution in [-0.2, 0) is 4.74 Å². The van der Waals surface area contributed by atoms with Crippen LogP contribution in [0.15, 0.2) is 42.2 Å². The van der Waals surface area contributed by atoms with E-state index in [0.717, 1.165) is 25.8 Å². The van der Waals surface area contributed by atoms with Crippen LogP contribution >= 0.6 is 0 Å². The zero-order valence-electron chi connectivity index (χ0n) is 38.8. The monoisotopic (exact) mass is 894 g/mol. The Bertz CT molecular complexity index is 2600. The number of rotatable bonds is 7. The molecule has 2 aromatic heterocycles. The standard InChI is InChI=1S/C50H61F3N6O4Si/c1-28(2)64(29(3)4,30(5)6)22-19-35-37(52)17-15-33-13-11-14-36(39(33)35)42-41(53)43-40-45(56-47(55-43)61-27-50-20-12-21-57(50)25-32(23-50)24-51)58-26-34-16-18-38(44(58)31(7)62-46(40)54-42)59(34)48(60)63-49(8,9)10/h11,13-15,17,24,28-31,34,38,44H,12,16,18,20-21,23,25-27H2,1-10H3/t31-,34+,38-,44+,50?/m0/s1. The van der Waals surface area contributed by atoms with Crippen molar-refractivity contribution < 1.29 is 32.2 Å². The molecule has 0 aliphatic carbocycles. The average molecular weight is 895 g/mol. The van der Waals surface area contributed by atoms with Crippen LogP contribution in [0, 0.1) is 23.1 Å². The molecule has 2 bridgehead atoms. The zero-order chi connectivity index (χ0) is 45.6. The van der Waals surface area contributed by atoms with Crippen LogP contribution in [0.25, 0.3) is 32.9 Å². The third-order valence-corrected chi connectivity index (χ3v) is 21.2. The first-order valence-electron chi connectivity index (χ1n) is 23.1. The number of nitrogens with zero attached hydrogens (tertiary/aromatic N) is 6. The van der Waals surface area contributed by atoms with Crippen molar-refractivity contribution in [1.29, 1.82) is 0 Å². The molecular weight excluding hydrogens is 834 g/mol. The first-order valence-corrected chi connectivity index (χ1v) is 25.4. The first kappa shape index (κ1) is 44.3. The molecule has 340 valence electrons. The summed E-state index contributed by atoms with van der Waals surface area (Å²) in [6.07, 6.45) is 3.53. The molecule has 1 amide bonds. The summed E-state index contributed by atoms with van der Waals surface area (Å²) in [5.74, 6) is 2.68. The van der Waals surface area contributed by atoms with Gasteiger partial charge in [0.2, 0.25) is 5.88 Å². The lowest BCUT2D eigenvalue weighted by Gasteiger charge is -2.48. The van der Waals surface area contributed by atoms with E-state index in [9.17, 15) is 9.18 Å². The predicted molar refractivity (Wildman–Crippen MR) is 247 cm³/mol. The third kappa shape index (κ3) is 7.20. The summed E-state index contributed by atoms with van der Waals surface area (Å²) in [6.45, 7) is 22.7. The molecule has 0 radical (unpaired) electrons. The molecule has 4 saturated heterocycles. The Morgan fingerprint density at radius 2 is 1.78 bits per heavy atom.